The van der Waals surface area contributed by atoms with E-state index in [0.29, 0.717) is 11.4 Å². The van der Waals surface area contributed by atoms with Crippen LogP contribution in [0.1, 0.15) is 26.3 Å². The van der Waals surface area contributed by atoms with Crippen LogP contribution in [0.5, 0.6) is 5.75 Å². The molecule has 3 aromatic carbocycles. The Morgan fingerprint density at radius 1 is 0.862 bits per heavy atom. The minimum atomic E-state index is -0.191. The zero-order valence-electron chi connectivity index (χ0n) is 16.5. The number of phenols is 1. The van der Waals surface area contributed by atoms with Crippen molar-refractivity contribution in [3.63, 3.8) is 0 Å². The molecule has 0 unspecified atom stereocenters. The van der Waals surface area contributed by atoms with E-state index in [-0.39, 0.29) is 11.2 Å². The molecular weight excluding hydrogens is 364 g/mol. The monoisotopic (exact) mass is 386 g/mol. The Labute approximate surface area is 168 Å². The van der Waals surface area contributed by atoms with E-state index in [1.807, 2.05) is 81.4 Å². The molecule has 4 aromatic rings. The standard InChI is InChI=1S/C22H22N6O/c1-22(2,3)15-9-8-13-19(21(15)29)24-23-16-10-4-5-11-17(16)26-28-20-14-7-6-12-18(20)25-27-28/h4-14,26,29H,1-3H3. The van der Waals surface area contributed by atoms with E-state index in [4.69, 9.17) is 0 Å². The fourth-order valence-corrected chi connectivity index (χ4v) is 3.05. The summed E-state index contributed by atoms with van der Waals surface area (Å²) in [5, 5.41) is 27.6. The van der Waals surface area contributed by atoms with Crippen LogP contribution in [0.4, 0.5) is 17.1 Å². The number of azo groups is 1. The molecule has 1 aromatic heterocycles. The van der Waals surface area contributed by atoms with Gasteiger partial charge in [-0.2, -0.15) is 4.79 Å². The summed E-state index contributed by atoms with van der Waals surface area (Å²) in [6, 6.07) is 20.7. The Bertz CT molecular complexity index is 1190. The summed E-state index contributed by atoms with van der Waals surface area (Å²) in [6.45, 7) is 6.14. The van der Waals surface area contributed by atoms with E-state index in [0.717, 1.165) is 22.3 Å². The Morgan fingerprint density at radius 2 is 1.55 bits per heavy atom. The third-order valence-corrected chi connectivity index (χ3v) is 4.57. The molecule has 2 N–H and O–H groups in total. The van der Waals surface area contributed by atoms with Gasteiger partial charge in [-0.1, -0.05) is 57.2 Å². The maximum absolute atomic E-state index is 10.6. The molecule has 0 saturated carbocycles. The summed E-state index contributed by atoms with van der Waals surface area (Å²) >= 11 is 0. The highest BCUT2D eigenvalue weighted by Gasteiger charge is 2.19. The van der Waals surface area contributed by atoms with Gasteiger partial charge in [0.05, 0.1) is 5.69 Å². The van der Waals surface area contributed by atoms with Crippen LogP contribution in [0.25, 0.3) is 11.0 Å². The van der Waals surface area contributed by atoms with Crippen molar-refractivity contribution in [3.8, 4) is 5.75 Å². The smallest absolute Gasteiger partial charge is 0.146 e. The van der Waals surface area contributed by atoms with Crippen molar-refractivity contribution >= 4 is 28.1 Å². The fourth-order valence-electron chi connectivity index (χ4n) is 3.05. The number of aromatic nitrogens is 3. The van der Waals surface area contributed by atoms with E-state index in [1.54, 1.807) is 10.9 Å². The molecule has 4 rings (SSSR count). The fraction of sp³-hybridized carbons (Fsp3) is 0.182. The van der Waals surface area contributed by atoms with Crippen molar-refractivity contribution in [1.82, 2.24) is 15.1 Å². The van der Waals surface area contributed by atoms with Crippen molar-refractivity contribution in [3.05, 3.63) is 72.3 Å². The normalized spacial score (nSPS) is 12.0. The molecule has 0 saturated heterocycles. The predicted octanol–water partition coefficient (Wildman–Crippen LogP) is 5.73. The van der Waals surface area contributed by atoms with Crippen LogP contribution in [-0.2, 0) is 5.41 Å². The minimum Gasteiger partial charge on any atom is -0.505 e. The lowest BCUT2D eigenvalue weighted by atomic mass is 9.86. The molecule has 0 atom stereocenters. The van der Waals surface area contributed by atoms with Gasteiger partial charge in [0.1, 0.15) is 28.2 Å². The number of hydrogen-bond acceptors (Lipinski definition) is 6. The lowest BCUT2D eigenvalue weighted by Crippen LogP contribution is -2.11. The molecule has 0 aliphatic carbocycles. The van der Waals surface area contributed by atoms with E-state index in [2.05, 4.69) is 26.0 Å². The van der Waals surface area contributed by atoms with Gasteiger partial charge in [-0.3, -0.25) is 5.43 Å². The van der Waals surface area contributed by atoms with Gasteiger partial charge in [0.2, 0.25) is 0 Å². The average molecular weight is 386 g/mol. The first-order chi connectivity index (χ1) is 13.9. The summed E-state index contributed by atoms with van der Waals surface area (Å²) in [6.07, 6.45) is 0. The quantitative estimate of drug-likeness (QED) is 0.439. The first kappa shape index (κ1) is 18.6. The zero-order valence-corrected chi connectivity index (χ0v) is 16.5. The number of nitrogens with zero attached hydrogens (tertiary/aromatic N) is 5. The molecule has 0 aliphatic rings. The van der Waals surface area contributed by atoms with Crippen LogP contribution >= 0.6 is 0 Å². The predicted molar refractivity (Wildman–Crippen MR) is 114 cm³/mol. The first-order valence-electron chi connectivity index (χ1n) is 9.34. The van der Waals surface area contributed by atoms with Gasteiger partial charge < -0.3 is 5.11 Å². The molecule has 0 aliphatic heterocycles. The number of nitrogens with one attached hydrogen (secondary N) is 1. The van der Waals surface area contributed by atoms with E-state index >= 15 is 0 Å². The number of phenolic OH excluding ortho intramolecular Hbond substituents is 1. The summed E-state index contributed by atoms with van der Waals surface area (Å²) in [7, 11) is 0. The van der Waals surface area contributed by atoms with Crippen LogP contribution in [0.15, 0.2) is 77.0 Å². The minimum absolute atomic E-state index is 0.150. The lowest BCUT2D eigenvalue weighted by molar-refractivity contribution is 0.448. The van der Waals surface area contributed by atoms with E-state index in [1.165, 1.54) is 0 Å². The SMILES string of the molecule is CC(C)(C)c1cccc(N=Nc2ccccc2Nn2nnc3ccccc32)c1O. The summed E-state index contributed by atoms with van der Waals surface area (Å²) in [5.41, 5.74) is 7.26. The van der Waals surface area contributed by atoms with Gasteiger partial charge in [0, 0.05) is 5.56 Å². The van der Waals surface area contributed by atoms with Crippen molar-refractivity contribution in [1.29, 1.82) is 0 Å². The van der Waals surface area contributed by atoms with Crippen LogP contribution in [0.2, 0.25) is 0 Å². The molecule has 1 heterocycles. The Morgan fingerprint density at radius 3 is 2.38 bits per heavy atom. The Hall–Kier alpha value is -3.74. The molecule has 7 heteroatoms. The van der Waals surface area contributed by atoms with E-state index < -0.39 is 0 Å². The van der Waals surface area contributed by atoms with Crippen LogP contribution in [0.3, 0.4) is 0 Å². The number of rotatable bonds is 4. The third-order valence-electron chi connectivity index (χ3n) is 4.57. The van der Waals surface area contributed by atoms with Gasteiger partial charge in [-0.15, -0.1) is 15.3 Å². The van der Waals surface area contributed by atoms with Gasteiger partial charge in [-0.05, 0) is 41.0 Å². The average Bonchev–Trinajstić information content (AvgIpc) is 3.10. The molecule has 7 nitrogen and oxygen atoms in total. The topological polar surface area (TPSA) is 87.7 Å². The number of benzene rings is 3. The maximum atomic E-state index is 10.6. The van der Waals surface area contributed by atoms with Gasteiger partial charge in [-0.25, -0.2) is 0 Å². The molecule has 0 bridgehead atoms. The van der Waals surface area contributed by atoms with Crippen LogP contribution in [-0.4, -0.2) is 20.2 Å². The highest BCUT2D eigenvalue weighted by molar-refractivity contribution is 5.75. The van der Waals surface area contributed by atoms with Gasteiger partial charge in [0.15, 0.2) is 0 Å². The summed E-state index contributed by atoms with van der Waals surface area (Å²) in [5.74, 6) is 0.150. The lowest BCUT2D eigenvalue weighted by Gasteiger charge is -2.20. The zero-order chi connectivity index (χ0) is 20.4. The Kier molecular flexibility index (Phi) is 4.72. The highest BCUT2D eigenvalue weighted by Crippen LogP contribution is 2.38. The van der Waals surface area contributed by atoms with Crippen LogP contribution < -0.4 is 5.43 Å². The van der Waals surface area contributed by atoms with Crippen molar-refractivity contribution in [2.24, 2.45) is 10.2 Å². The van der Waals surface area contributed by atoms with Crippen LogP contribution in [0, 0.1) is 0 Å². The molecule has 146 valence electrons. The third kappa shape index (κ3) is 3.80. The number of anilines is 1. The second kappa shape index (κ2) is 7.35. The molecule has 0 radical (unpaired) electrons. The molecule has 29 heavy (non-hydrogen) atoms. The highest BCUT2D eigenvalue weighted by atomic mass is 16.3. The molecular formula is C22H22N6O. The van der Waals surface area contributed by atoms with Gasteiger partial charge >= 0.3 is 0 Å². The largest absolute Gasteiger partial charge is 0.505 e. The van der Waals surface area contributed by atoms with Crippen molar-refractivity contribution in [2.45, 2.75) is 26.2 Å². The number of fused-ring (bicyclic) bond motifs is 1. The van der Waals surface area contributed by atoms with Gasteiger partial charge in [0.25, 0.3) is 0 Å². The number of aromatic hydroxyl groups is 1. The molecule has 0 spiro atoms. The first-order valence-corrected chi connectivity index (χ1v) is 9.34. The van der Waals surface area contributed by atoms with Crippen molar-refractivity contribution in [2.75, 3.05) is 5.43 Å². The summed E-state index contributed by atoms with van der Waals surface area (Å²) in [4.78, 5) is 1.60. The number of hydrogen-bond donors (Lipinski definition) is 2. The Balaban J connectivity index is 1.66. The molecule has 0 fully saturated rings. The number of para-hydroxylation sites is 3. The molecule has 0 amide bonds. The van der Waals surface area contributed by atoms with E-state index in [9.17, 15) is 5.11 Å². The van der Waals surface area contributed by atoms with Crippen molar-refractivity contribution < 1.29 is 5.11 Å². The second-order valence-corrected chi connectivity index (χ2v) is 7.74. The maximum Gasteiger partial charge on any atom is 0.146 e. The summed E-state index contributed by atoms with van der Waals surface area (Å²) < 4.78 is 0. The second-order valence-electron chi connectivity index (χ2n) is 7.74.